The van der Waals surface area contributed by atoms with Crippen LogP contribution in [0.5, 0.6) is 11.5 Å². The van der Waals surface area contributed by atoms with Gasteiger partial charge in [-0.05, 0) is 61.1 Å². The van der Waals surface area contributed by atoms with Gasteiger partial charge in [0.05, 0.1) is 7.11 Å². The fourth-order valence-corrected chi connectivity index (χ4v) is 3.70. The van der Waals surface area contributed by atoms with E-state index in [4.69, 9.17) is 14.7 Å². The fourth-order valence-electron chi connectivity index (χ4n) is 3.29. The van der Waals surface area contributed by atoms with Gasteiger partial charge in [-0.15, -0.1) is 11.8 Å². The van der Waals surface area contributed by atoms with E-state index in [2.05, 4.69) is 5.32 Å². The number of carbonyl (C=O) groups excluding carboxylic acids is 2. The predicted octanol–water partition coefficient (Wildman–Crippen LogP) is 5.28. The molecule has 9 heteroatoms. The number of methoxy groups -OCH3 is 1. The molecule has 0 fully saturated rings. The second-order valence-corrected chi connectivity index (χ2v) is 8.86. The van der Waals surface area contributed by atoms with Gasteiger partial charge in [-0.3, -0.25) is 15.3 Å². The van der Waals surface area contributed by atoms with Gasteiger partial charge in [0.1, 0.15) is 6.10 Å². The molecule has 0 aliphatic rings. The number of anilines is 1. The summed E-state index contributed by atoms with van der Waals surface area (Å²) in [6, 6.07) is 12.3. The molecule has 2 rings (SSSR count). The SMILES string of the molecule is COc1ccc([C@@H](OC(=O)Nc2ccc(SC)cc2)C(C)(C)CC/C=C/C(=O)NO)cc1O. The first-order valence-electron chi connectivity index (χ1n) is 10.3. The van der Waals surface area contributed by atoms with Crippen molar-refractivity contribution in [3.63, 3.8) is 0 Å². The Hall–Kier alpha value is -3.17. The number of hydrogen-bond donors (Lipinski definition) is 4. The van der Waals surface area contributed by atoms with Crippen LogP contribution < -0.4 is 15.5 Å². The topological polar surface area (TPSA) is 117 Å². The first kappa shape index (κ1) is 26.1. The van der Waals surface area contributed by atoms with E-state index in [1.165, 1.54) is 19.3 Å². The van der Waals surface area contributed by atoms with Crippen LogP contribution in [0.3, 0.4) is 0 Å². The fraction of sp³-hybridized carbons (Fsp3) is 0.333. The van der Waals surface area contributed by atoms with Crippen molar-refractivity contribution in [3.8, 4) is 11.5 Å². The number of thioether (sulfide) groups is 1. The number of hydrogen-bond acceptors (Lipinski definition) is 7. The Morgan fingerprint density at radius 2 is 1.88 bits per heavy atom. The first-order valence-corrected chi connectivity index (χ1v) is 11.5. The lowest BCUT2D eigenvalue weighted by molar-refractivity contribution is -0.124. The number of allylic oxidation sites excluding steroid dienone is 1. The molecule has 33 heavy (non-hydrogen) atoms. The van der Waals surface area contributed by atoms with Crippen molar-refractivity contribution in [1.29, 1.82) is 0 Å². The van der Waals surface area contributed by atoms with E-state index in [9.17, 15) is 14.7 Å². The summed E-state index contributed by atoms with van der Waals surface area (Å²) in [6.45, 7) is 3.86. The molecule has 8 nitrogen and oxygen atoms in total. The van der Waals surface area contributed by atoms with E-state index in [0.29, 0.717) is 29.8 Å². The van der Waals surface area contributed by atoms with Crippen molar-refractivity contribution >= 4 is 29.4 Å². The summed E-state index contributed by atoms with van der Waals surface area (Å²) in [7, 11) is 1.46. The van der Waals surface area contributed by atoms with Gasteiger partial charge in [0.15, 0.2) is 11.5 Å². The number of rotatable bonds is 10. The van der Waals surface area contributed by atoms with Crippen molar-refractivity contribution in [1.82, 2.24) is 5.48 Å². The molecule has 0 aromatic heterocycles. The molecule has 0 bridgehead atoms. The lowest BCUT2D eigenvalue weighted by atomic mass is 9.78. The van der Waals surface area contributed by atoms with Crippen LogP contribution >= 0.6 is 11.8 Å². The van der Waals surface area contributed by atoms with Gasteiger partial charge in [-0.1, -0.05) is 26.0 Å². The molecule has 0 spiro atoms. The number of phenolic OH excluding ortho intramolecular Hbond substituents is 1. The number of nitrogens with one attached hydrogen (secondary N) is 2. The van der Waals surface area contributed by atoms with E-state index in [0.717, 1.165) is 4.90 Å². The van der Waals surface area contributed by atoms with Crippen LogP contribution in [0.4, 0.5) is 10.5 Å². The van der Waals surface area contributed by atoms with Crippen LogP contribution in [0, 0.1) is 5.41 Å². The third kappa shape index (κ3) is 7.73. The zero-order chi connectivity index (χ0) is 24.4. The highest BCUT2D eigenvalue weighted by Crippen LogP contribution is 2.42. The highest BCUT2D eigenvalue weighted by molar-refractivity contribution is 7.98. The molecule has 1 atom stereocenters. The summed E-state index contributed by atoms with van der Waals surface area (Å²) in [5.74, 6) is -0.369. The molecule has 0 aliphatic carbocycles. The average molecular weight is 475 g/mol. The van der Waals surface area contributed by atoms with Crippen LogP contribution in [0.1, 0.15) is 38.4 Å². The van der Waals surface area contributed by atoms with Crippen LogP contribution in [-0.4, -0.2) is 35.7 Å². The molecule has 2 aromatic rings. The van der Waals surface area contributed by atoms with Gasteiger partial charge in [-0.25, -0.2) is 10.3 Å². The van der Waals surface area contributed by atoms with Gasteiger partial charge >= 0.3 is 6.09 Å². The van der Waals surface area contributed by atoms with E-state index in [1.54, 1.807) is 47.6 Å². The van der Waals surface area contributed by atoms with E-state index in [-0.39, 0.29) is 5.75 Å². The minimum atomic E-state index is -0.708. The summed E-state index contributed by atoms with van der Waals surface area (Å²) in [4.78, 5) is 25.0. The Kier molecular flexibility index (Phi) is 9.62. The highest BCUT2D eigenvalue weighted by Gasteiger charge is 2.34. The largest absolute Gasteiger partial charge is 0.504 e. The van der Waals surface area contributed by atoms with Crippen LogP contribution in [-0.2, 0) is 9.53 Å². The molecule has 0 saturated heterocycles. The number of aromatic hydroxyl groups is 1. The van der Waals surface area contributed by atoms with Gasteiger partial charge in [0, 0.05) is 22.1 Å². The Labute approximate surface area is 197 Å². The third-order valence-electron chi connectivity index (χ3n) is 5.11. The molecule has 2 aromatic carbocycles. The zero-order valence-electron chi connectivity index (χ0n) is 19.1. The molecule has 0 heterocycles. The average Bonchev–Trinajstić information content (AvgIpc) is 2.80. The molecule has 2 amide bonds. The molecule has 4 N–H and O–H groups in total. The third-order valence-corrected chi connectivity index (χ3v) is 5.86. The minimum Gasteiger partial charge on any atom is -0.504 e. The minimum absolute atomic E-state index is 0.0630. The number of benzene rings is 2. The first-order chi connectivity index (χ1) is 15.7. The molecule has 0 aliphatic heterocycles. The number of hydroxylamine groups is 1. The standard InChI is InChI=1S/C24H30N2O6S/c1-24(2,14-6-5-7-21(28)26-30)22(16-8-13-20(31-3)19(27)15-16)32-23(29)25-17-9-11-18(33-4)12-10-17/h5,7-13,15,22,27,30H,6,14H2,1-4H3,(H,25,29)(H,26,28)/b7-5+/t22-/m1/s1. The summed E-state index contributed by atoms with van der Waals surface area (Å²) in [5, 5.41) is 21.6. The van der Waals surface area contributed by atoms with Crippen molar-refractivity contribution in [3.05, 3.63) is 60.2 Å². The molecule has 0 saturated carbocycles. The monoisotopic (exact) mass is 474 g/mol. The molecule has 178 valence electrons. The molecule has 0 radical (unpaired) electrons. The van der Waals surface area contributed by atoms with Gasteiger partial charge < -0.3 is 14.6 Å². The quantitative estimate of drug-likeness (QED) is 0.160. The van der Waals surface area contributed by atoms with E-state index >= 15 is 0 Å². The maximum absolute atomic E-state index is 12.7. The van der Waals surface area contributed by atoms with Crippen molar-refractivity contribution < 1.29 is 29.4 Å². The molecular formula is C24H30N2O6S. The van der Waals surface area contributed by atoms with E-state index < -0.39 is 23.5 Å². The maximum Gasteiger partial charge on any atom is 0.412 e. The Morgan fingerprint density at radius 1 is 1.18 bits per heavy atom. The Balaban J connectivity index is 2.23. The number of phenols is 1. The zero-order valence-corrected chi connectivity index (χ0v) is 19.9. The number of carbonyl (C=O) groups is 2. The predicted molar refractivity (Wildman–Crippen MR) is 128 cm³/mol. The highest BCUT2D eigenvalue weighted by atomic mass is 32.2. The summed E-state index contributed by atoms with van der Waals surface area (Å²) in [5.41, 5.74) is 2.17. The van der Waals surface area contributed by atoms with Crippen LogP contribution in [0.2, 0.25) is 0 Å². The molecule has 0 unspecified atom stereocenters. The number of ether oxygens (including phenoxy) is 2. The van der Waals surface area contributed by atoms with Crippen molar-refractivity contribution in [2.24, 2.45) is 5.41 Å². The summed E-state index contributed by atoms with van der Waals surface area (Å²) >= 11 is 1.60. The maximum atomic E-state index is 12.7. The number of amides is 2. The van der Waals surface area contributed by atoms with E-state index in [1.807, 2.05) is 32.2 Å². The lowest BCUT2D eigenvalue weighted by Gasteiger charge is -2.34. The second-order valence-electron chi connectivity index (χ2n) is 7.98. The van der Waals surface area contributed by atoms with Crippen LogP contribution in [0.25, 0.3) is 0 Å². The van der Waals surface area contributed by atoms with Crippen molar-refractivity contribution in [2.45, 2.75) is 37.7 Å². The second kappa shape index (κ2) is 12.2. The lowest BCUT2D eigenvalue weighted by Crippen LogP contribution is -2.29. The van der Waals surface area contributed by atoms with Crippen molar-refractivity contribution in [2.75, 3.05) is 18.7 Å². The van der Waals surface area contributed by atoms with Gasteiger partial charge in [0.2, 0.25) is 0 Å². The van der Waals surface area contributed by atoms with Gasteiger partial charge in [-0.2, -0.15) is 0 Å². The normalized spacial score (nSPS) is 12.3. The smallest absolute Gasteiger partial charge is 0.412 e. The Bertz CT molecular complexity index is 975. The summed E-state index contributed by atoms with van der Waals surface area (Å²) < 4.78 is 11.0. The molecular weight excluding hydrogens is 444 g/mol. The van der Waals surface area contributed by atoms with Gasteiger partial charge in [0.25, 0.3) is 5.91 Å². The summed E-state index contributed by atoms with van der Waals surface area (Å²) in [6.07, 6.45) is 4.55. The van der Waals surface area contributed by atoms with Crippen LogP contribution in [0.15, 0.2) is 59.5 Å². The Morgan fingerprint density at radius 3 is 2.45 bits per heavy atom.